The number of imide groups is 1. The van der Waals surface area contributed by atoms with Crippen molar-refractivity contribution in [3.05, 3.63) is 100 Å². The molecule has 1 spiro atoms. The maximum Gasteiger partial charge on any atom is 0.421 e. The van der Waals surface area contributed by atoms with E-state index in [-0.39, 0.29) is 24.4 Å². The van der Waals surface area contributed by atoms with Gasteiger partial charge in [-0.1, -0.05) is 76.6 Å². The van der Waals surface area contributed by atoms with E-state index in [9.17, 15) is 14.4 Å². The highest BCUT2D eigenvalue weighted by atomic mass is 79.9. The highest BCUT2D eigenvalue weighted by Gasteiger charge is 2.74. The number of methoxy groups -OCH3 is 1. The summed E-state index contributed by atoms with van der Waals surface area (Å²) in [6.07, 6.45) is -0.998. The maximum absolute atomic E-state index is 15.1. The van der Waals surface area contributed by atoms with Crippen LogP contribution in [0.4, 0.5) is 10.5 Å². The first-order valence-corrected chi connectivity index (χ1v) is 15.0. The zero-order chi connectivity index (χ0) is 31.9. The summed E-state index contributed by atoms with van der Waals surface area (Å²) in [5, 5.41) is 0. The van der Waals surface area contributed by atoms with E-state index in [1.54, 1.807) is 76.2 Å². The molecule has 3 aromatic rings. The number of fused-ring (bicyclic) bond motifs is 2. The smallest absolute Gasteiger partial charge is 0.421 e. The van der Waals surface area contributed by atoms with Crippen molar-refractivity contribution in [3.8, 4) is 0 Å². The molecular weight excluding hydrogens is 628 g/mol. The molecule has 44 heavy (non-hydrogen) atoms. The van der Waals surface area contributed by atoms with Crippen LogP contribution >= 0.6 is 15.9 Å². The minimum atomic E-state index is -1.97. The standard InChI is InChI=1S/C34H33BrN2O7/c1-6-43-28(38)26-33(30(40)42-5,20-21-13-9-7-10-14-21)36-27(22-15-11-8-12-16-22)34(26)24-19-23(35)17-18-25(24)37(29(34)39)31(41)44-32(2,3)4/h7-19,26H,6,20H2,1-5H3/t26?,33-,34?/m0/s1. The highest BCUT2D eigenvalue weighted by molar-refractivity contribution is 9.10. The third kappa shape index (κ3) is 5.00. The third-order valence-corrected chi connectivity index (χ3v) is 8.25. The number of amides is 2. The number of carbonyl (C=O) groups excluding carboxylic acids is 4. The summed E-state index contributed by atoms with van der Waals surface area (Å²) in [7, 11) is 1.22. The van der Waals surface area contributed by atoms with Gasteiger partial charge in [-0.25, -0.2) is 14.5 Å². The van der Waals surface area contributed by atoms with Gasteiger partial charge in [-0.05, 0) is 57.0 Å². The van der Waals surface area contributed by atoms with Crippen LogP contribution in [0.5, 0.6) is 0 Å². The number of carbonyl (C=O) groups is 4. The van der Waals surface area contributed by atoms with Gasteiger partial charge in [0, 0.05) is 16.5 Å². The lowest BCUT2D eigenvalue weighted by Crippen LogP contribution is -2.60. The number of anilines is 1. The second-order valence-electron chi connectivity index (χ2n) is 11.7. The van der Waals surface area contributed by atoms with E-state index in [0.29, 0.717) is 21.2 Å². The van der Waals surface area contributed by atoms with Crippen LogP contribution in [-0.2, 0) is 40.4 Å². The number of ether oxygens (including phenoxy) is 3. The first kappa shape index (κ1) is 31.1. The number of rotatable bonds is 6. The van der Waals surface area contributed by atoms with Gasteiger partial charge in [-0.2, -0.15) is 0 Å². The quantitative estimate of drug-likeness (QED) is 0.242. The monoisotopic (exact) mass is 660 g/mol. The Labute approximate surface area is 264 Å². The molecule has 0 aliphatic carbocycles. The number of nitrogens with zero attached hydrogens (tertiary/aromatic N) is 2. The molecule has 3 aromatic carbocycles. The normalized spacial score (nSPS) is 22.4. The first-order chi connectivity index (χ1) is 20.9. The first-order valence-electron chi connectivity index (χ1n) is 14.2. The van der Waals surface area contributed by atoms with E-state index in [0.717, 1.165) is 4.90 Å². The molecule has 2 unspecified atom stereocenters. The van der Waals surface area contributed by atoms with E-state index in [1.165, 1.54) is 7.11 Å². The van der Waals surface area contributed by atoms with Crippen molar-refractivity contribution in [1.29, 1.82) is 0 Å². The van der Waals surface area contributed by atoms with Crippen LogP contribution in [0, 0.1) is 5.92 Å². The summed E-state index contributed by atoms with van der Waals surface area (Å²) >= 11 is 3.52. The van der Waals surface area contributed by atoms with Crippen LogP contribution in [-0.4, -0.2) is 54.5 Å². The van der Waals surface area contributed by atoms with E-state index in [2.05, 4.69) is 15.9 Å². The molecule has 2 aliphatic rings. The Balaban J connectivity index is 1.90. The predicted octanol–water partition coefficient (Wildman–Crippen LogP) is 5.81. The molecule has 9 nitrogen and oxygen atoms in total. The molecule has 5 rings (SSSR count). The fraction of sp³-hybridized carbons (Fsp3) is 0.324. The summed E-state index contributed by atoms with van der Waals surface area (Å²) in [4.78, 5) is 63.4. The van der Waals surface area contributed by atoms with Gasteiger partial charge in [-0.15, -0.1) is 0 Å². The number of hydrogen-bond donors (Lipinski definition) is 0. The minimum Gasteiger partial charge on any atom is -0.467 e. The molecule has 10 heteroatoms. The molecule has 0 aromatic heterocycles. The van der Waals surface area contributed by atoms with E-state index >= 15 is 4.79 Å². The van der Waals surface area contributed by atoms with E-state index < -0.39 is 46.4 Å². The molecule has 228 valence electrons. The molecule has 0 N–H and O–H groups in total. The van der Waals surface area contributed by atoms with Crippen LogP contribution in [0.1, 0.15) is 44.4 Å². The summed E-state index contributed by atoms with van der Waals surface area (Å²) < 4.78 is 17.3. The Hall–Kier alpha value is -4.31. The Morgan fingerprint density at radius 1 is 0.977 bits per heavy atom. The molecule has 0 bridgehead atoms. The summed E-state index contributed by atoms with van der Waals surface area (Å²) in [6, 6.07) is 22.9. The van der Waals surface area contributed by atoms with Crippen molar-refractivity contribution in [1.82, 2.24) is 0 Å². The van der Waals surface area contributed by atoms with Gasteiger partial charge >= 0.3 is 18.0 Å². The van der Waals surface area contributed by atoms with Gasteiger partial charge in [0.15, 0.2) is 5.54 Å². The zero-order valence-electron chi connectivity index (χ0n) is 25.1. The SMILES string of the molecule is CCOC(=O)C1C2(C(=O)N(C(=O)OC(C)(C)C)c3ccc(Br)cc32)C(c2ccccc2)=N[C@]1(Cc1ccccc1)C(=O)OC. The highest BCUT2D eigenvalue weighted by Crippen LogP contribution is 2.58. The lowest BCUT2D eigenvalue weighted by atomic mass is 9.61. The number of hydrogen-bond acceptors (Lipinski definition) is 8. The molecule has 0 radical (unpaired) electrons. The van der Waals surface area contributed by atoms with Crippen molar-refractivity contribution in [3.63, 3.8) is 0 Å². The summed E-state index contributed by atoms with van der Waals surface area (Å²) in [5.41, 5.74) is -2.99. The second-order valence-corrected chi connectivity index (χ2v) is 12.6. The van der Waals surface area contributed by atoms with Gasteiger partial charge in [0.2, 0.25) is 0 Å². The van der Waals surface area contributed by atoms with Crippen LogP contribution in [0.2, 0.25) is 0 Å². The Bertz CT molecular complexity index is 1650. The maximum atomic E-state index is 15.1. The van der Waals surface area contributed by atoms with E-state index in [4.69, 9.17) is 19.2 Å². The molecule has 2 amide bonds. The van der Waals surface area contributed by atoms with Gasteiger partial charge in [0.05, 0.1) is 25.1 Å². The summed E-state index contributed by atoms with van der Waals surface area (Å²) in [5.74, 6) is -3.97. The predicted molar refractivity (Wildman–Crippen MR) is 168 cm³/mol. The topological polar surface area (TPSA) is 112 Å². The third-order valence-electron chi connectivity index (χ3n) is 7.76. The Kier molecular flexibility index (Phi) is 8.24. The fourth-order valence-electron chi connectivity index (χ4n) is 6.21. The molecule has 0 saturated heterocycles. The summed E-state index contributed by atoms with van der Waals surface area (Å²) in [6.45, 7) is 6.70. The zero-order valence-corrected chi connectivity index (χ0v) is 26.7. The van der Waals surface area contributed by atoms with Crippen LogP contribution in [0.15, 0.2) is 88.3 Å². The average Bonchev–Trinajstić information content (AvgIpc) is 3.43. The molecule has 3 atom stereocenters. The average molecular weight is 662 g/mol. The van der Waals surface area contributed by atoms with Crippen molar-refractivity contribution in [2.75, 3.05) is 18.6 Å². The molecule has 0 saturated carbocycles. The lowest BCUT2D eigenvalue weighted by molar-refractivity contribution is -0.162. The second kappa shape index (κ2) is 11.6. The van der Waals surface area contributed by atoms with Crippen LogP contribution in [0.25, 0.3) is 0 Å². The van der Waals surface area contributed by atoms with E-state index in [1.807, 2.05) is 30.3 Å². The van der Waals surface area contributed by atoms with Gasteiger partial charge < -0.3 is 14.2 Å². The number of halogens is 1. The van der Waals surface area contributed by atoms with Crippen molar-refractivity contribution < 1.29 is 33.4 Å². The largest absolute Gasteiger partial charge is 0.467 e. The van der Waals surface area contributed by atoms with Crippen LogP contribution in [0.3, 0.4) is 0 Å². The van der Waals surface area contributed by atoms with Gasteiger partial charge in [0.25, 0.3) is 5.91 Å². The molecular formula is C34H33BrN2O7. The van der Waals surface area contributed by atoms with Crippen LogP contribution < -0.4 is 4.90 Å². The molecule has 2 heterocycles. The fourth-order valence-corrected chi connectivity index (χ4v) is 6.57. The number of benzene rings is 3. The number of aliphatic imine (C=N–C) groups is 1. The van der Waals surface area contributed by atoms with Gasteiger partial charge in [-0.3, -0.25) is 14.6 Å². The Morgan fingerprint density at radius 2 is 1.61 bits per heavy atom. The number of esters is 2. The molecule has 0 fully saturated rings. The lowest BCUT2D eigenvalue weighted by Gasteiger charge is -2.37. The van der Waals surface area contributed by atoms with Crippen molar-refractivity contribution >= 4 is 51.3 Å². The van der Waals surface area contributed by atoms with Gasteiger partial charge in [0.1, 0.15) is 16.9 Å². The van der Waals surface area contributed by atoms with Crippen molar-refractivity contribution in [2.24, 2.45) is 10.9 Å². The van der Waals surface area contributed by atoms with Crippen molar-refractivity contribution in [2.45, 2.75) is 50.7 Å². The molecule has 2 aliphatic heterocycles. The Morgan fingerprint density at radius 3 is 2.20 bits per heavy atom. The minimum absolute atomic E-state index is 0.0238.